The molecule has 0 spiro atoms. The van der Waals surface area contributed by atoms with E-state index in [1.54, 1.807) is 38.1 Å². The van der Waals surface area contributed by atoms with Gasteiger partial charge < -0.3 is 10.2 Å². The first-order valence-corrected chi connectivity index (χ1v) is 11.2. The molecule has 0 atom stereocenters. The number of nitrogens with one attached hydrogen (secondary N) is 1. The van der Waals surface area contributed by atoms with Crippen molar-refractivity contribution >= 4 is 32.6 Å². The molecule has 0 heterocycles. The second-order valence-corrected chi connectivity index (χ2v) is 8.87. The molecule has 0 aliphatic heterocycles. The molecular formula is C23H25NO4S. The third-order valence-corrected chi connectivity index (χ3v) is 6.24. The highest BCUT2D eigenvalue weighted by atomic mass is 32.2. The lowest BCUT2D eigenvalue weighted by Gasteiger charge is -2.18. The zero-order valence-corrected chi connectivity index (χ0v) is 17.5. The van der Waals surface area contributed by atoms with Crippen LogP contribution >= 0.6 is 0 Å². The predicted molar refractivity (Wildman–Crippen MR) is 120 cm³/mol. The largest absolute Gasteiger partial charge is 0.507 e. The minimum absolute atomic E-state index is 0.00157. The summed E-state index contributed by atoms with van der Waals surface area (Å²) >= 11 is 0. The fraction of sp³-hybridized carbons (Fsp3) is 0.217. The molecule has 3 rings (SSSR count). The van der Waals surface area contributed by atoms with E-state index >= 15 is 0 Å². The van der Waals surface area contributed by atoms with Gasteiger partial charge in [-0.2, -0.15) is 0 Å². The van der Waals surface area contributed by atoms with Gasteiger partial charge in [-0.1, -0.05) is 49.4 Å². The van der Waals surface area contributed by atoms with E-state index in [2.05, 4.69) is 4.72 Å². The van der Waals surface area contributed by atoms with E-state index in [1.807, 2.05) is 37.3 Å². The van der Waals surface area contributed by atoms with Crippen molar-refractivity contribution in [3.05, 3.63) is 59.7 Å². The van der Waals surface area contributed by atoms with Gasteiger partial charge in [-0.3, -0.25) is 4.72 Å². The molecule has 5 nitrogen and oxygen atoms in total. The Morgan fingerprint density at radius 2 is 1.79 bits per heavy atom. The van der Waals surface area contributed by atoms with Crippen LogP contribution in [0.2, 0.25) is 0 Å². The molecule has 0 bridgehead atoms. The summed E-state index contributed by atoms with van der Waals surface area (Å²) in [7, 11) is -3.51. The van der Waals surface area contributed by atoms with E-state index in [4.69, 9.17) is 0 Å². The van der Waals surface area contributed by atoms with E-state index in [-0.39, 0.29) is 17.3 Å². The molecule has 3 aromatic rings. The maximum Gasteiger partial charge on any atom is 0.232 e. The topological polar surface area (TPSA) is 86.6 Å². The predicted octanol–water partition coefficient (Wildman–Crippen LogP) is 5.41. The Balaban J connectivity index is 2.38. The highest BCUT2D eigenvalue weighted by Gasteiger charge is 2.20. The van der Waals surface area contributed by atoms with Crippen LogP contribution in [0.25, 0.3) is 28.0 Å². The highest BCUT2D eigenvalue weighted by Crippen LogP contribution is 2.45. The van der Waals surface area contributed by atoms with Crippen LogP contribution in [0.15, 0.2) is 48.5 Å². The molecule has 3 N–H and O–H groups in total. The fourth-order valence-electron chi connectivity index (χ4n) is 3.31. The van der Waals surface area contributed by atoms with Crippen LogP contribution in [0.3, 0.4) is 0 Å². The van der Waals surface area contributed by atoms with Crippen molar-refractivity contribution in [2.24, 2.45) is 0 Å². The van der Waals surface area contributed by atoms with Crippen LogP contribution in [0.4, 0.5) is 5.69 Å². The molecule has 0 aliphatic carbocycles. The van der Waals surface area contributed by atoms with Crippen LogP contribution in [0, 0.1) is 6.92 Å². The molecule has 6 heteroatoms. The van der Waals surface area contributed by atoms with Crippen LogP contribution in [0.1, 0.15) is 31.4 Å². The smallest absolute Gasteiger partial charge is 0.232 e. The van der Waals surface area contributed by atoms with Crippen molar-refractivity contribution < 1.29 is 18.6 Å². The molecule has 0 amide bonds. The standard InChI is InChI=1S/C23H25NO4S/c1-4-6-10-17-15(3)20(24-29(27,28)5-2)14-19(23(17)26)22-18-11-8-7-9-16(18)12-13-21(22)25/h6-14,24-26H,4-5H2,1-3H3. The summed E-state index contributed by atoms with van der Waals surface area (Å²) in [5.74, 6) is -0.0571. The van der Waals surface area contributed by atoms with Crippen LogP contribution in [0.5, 0.6) is 11.5 Å². The van der Waals surface area contributed by atoms with Crippen molar-refractivity contribution in [3.8, 4) is 22.6 Å². The summed E-state index contributed by atoms with van der Waals surface area (Å²) in [6.07, 6.45) is 4.44. The van der Waals surface area contributed by atoms with Gasteiger partial charge in [0.25, 0.3) is 0 Å². The molecule has 0 saturated carbocycles. The van der Waals surface area contributed by atoms with Crippen LogP contribution in [-0.4, -0.2) is 24.4 Å². The zero-order chi connectivity index (χ0) is 21.2. The normalized spacial score (nSPS) is 12.0. The molecule has 3 aromatic carbocycles. The molecule has 152 valence electrons. The lowest BCUT2D eigenvalue weighted by Crippen LogP contribution is -2.15. The molecule has 0 aliphatic rings. The second-order valence-electron chi connectivity index (χ2n) is 6.86. The van der Waals surface area contributed by atoms with E-state index in [9.17, 15) is 18.6 Å². The van der Waals surface area contributed by atoms with Crippen LogP contribution < -0.4 is 4.72 Å². The minimum atomic E-state index is -3.51. The minimum Gasteiger partial charge on any atom is -0.507 e. The van der Waals surface area contributed by atoms with Gasteiger partial charge in [0.05, 0.1) is 11.4 Å². The Morgan fingerprint density at radius 3 is 2.48 bits per heavy atom. The van der Waals surface area contributed by atoms with Crippen molar-refractivity contribution in [3.63, 3.8) is 0 Å². The van der Waals surface area contributed by atoms with Gasteiger partial charge >= 0.3 is 0 Å². The molecule has 0 saturated heterocycles. The van der Waals surface area contributed by atoms with Crippen LogP contribution in [-0.2, 0) is 10.0 Å². The van der Waals surface area contributed by atoms with E-state index in [0.717, 1.165) is 17.2 Å². The summed E-state index contributed by atoms with van der Waals surface area (Å²) in [5, 5.41) is 23.4. The number of fused-ring (bicyclic) bond motifs is 1. The molecule has 0 aromatic heterocycles. The van der Waals surface area contributed by atoms with Gasteiger partial charge in [-0.25, -0.2) is 8.42 Å². The Kier molecular flexibility index (Phi) is 5.84. The van der Waals surface area contributed by atoms with Gasteiger partial charge in [-0.15, -0.1) is 0 Å². The summed E-state index contributed by atoms with van der Waals surface area (Å²) in [4.78, 5) is 0. The Labute approximate surface area is 171 Å². The summed E-state index contributed by atoms with van der Waals surface area (Å²) in [5.41, 5.74) is 2.35. The SMILES string of the molecule is CCC=Cc1c(C)c(NS(=O)(=O)CC)cc(-c2c(O)ccc3ccccc23)c1O. The number of phenols is 2. The number of anilines is 1. The molecule has 29 heavy (non-hydrogen) atoms. The monoisotopic (exact) mass is 411 g/mol. The third-order valence-electron chi connectivity index (χ3n) is 4.95. The lowest BCUT2D eigenvalue weighted by atomic mass is 9.92. The molecule has 0 fully saturated rings. The number of phenolic OH excluding ortho intramolecular Hbond substituents is 2. The van der Waals surface area contributed by atoms with E-state index in [0.29, 0.717) is 27.9 Å². The van der Waals surface area contributed by atoms with Gasteiger partial charge in [0.2, 0.25) is 10.0 Å². The zero-order valence-electron chi connectivity index (χ0n) is 16.7. The van der Waals surface area contributed by atoms with Gasteiger partial charge in [0, 0.05) is 16.7 Å². The van der Waals surface area contributed by atoms with Crippen molar-refractivity contribution in [1.29, 1.82) is 0 Å². The third kappa shape index (κ3) is 4.07. The number of allylic oxidation sites excluding steroid dienone is 1. The van der Waals surface area contributed by atoms with Crippen molar-refractivity contribution in [2.75, 3.05) is 10.5 Å². The average Bonchev–Trinajstić information content (AvgIpc) is 2.70. The average molecular weight is 412 g/mol. The summed E-state index contributed by atoms with van der Waals surface area (Å²) in [6, 6.07) is 12.5. The Morgan fingerprint density at radius 1 is 1.07 bits per heavy atom. The second kappa shape index (κ2) is 8.17. The van der Waals surface area contributed by atoms with Gasteiger partial charge in [0.15, 0.2) is 0 Å². The number of aromatic hydroxyl groups is 2. The quantitative estimate of drug-likeness (QED) is 0.473. The van der Waals surface area contributed by atoms with Gasteiger partial charge in [0.1, 0.15) is 11.5 Å². The Bertz CT molecular complexity index is 1200. The Hall–Kier alpha value is -2.99. The van der Waals surface area contributed by atoms with E-state index in [1.165, 1.54) is 0 Å². The van der Waals surface area contributed by atoms with E-state index < -0.39 is 10.0 Å². The maximum absolute atomic E-state index is 12.2. The lowest BCUT2D eigenvalue weighted by molar-refractivity contribution is 0.469. The fourth-order valence-corrected chi connectivity index (χ4v) is 4.00. The first kappa shape index (κ1) is 20.7. The van der Waals surface area contributed by atoms with Crippen molar-refractivity contribution in [1.82, 2.24) is 0 Å². The number of hydrogen-bond acceptors (Lipinski definition) is 4. The number of rotatable bonds is 6. The molecular weight excluding hydrogens is 386 g/mol. The molecule has 0 unspecified atom stereocenters. The first-order chi connectivity index (χ1) is 13.8. The number of hydrogen-bond donors (Lipinski definition) is 3. The molecule has 0 radical (unpaired) electrons. The van der Waals surface area contributed by atoms with Gasteiger partial charge in [-0.05, 0) is 48.7 Å². The summed E-state index contributed by atoms with van der Waals surface area (Å²) < 4.78 is 27.0. The number of sulfonamides is 1. The number of benzene rings is 3. The first-order valence-electron chi connectivity index (χ1n) is 9.53. The summed E-state index contributed by atoms with van der Waals surface area (Å²) in [6.45, 7) is 5.30. The maximum atomic E-state index is 12.2. The van der Waals surface area contributed by atoms with Crippen molar-refractivity contribution in [2.45, 2.75) is 27.2 Å². The highest BCUT2D eigenvalue weighted by molar-refractivity contribution is 7.92.